The molecule has 1 unspecified atom stereocenters. The highest BCUT2D eigenvalue weighted by Gasteiger charge is 2.35. The van der Waals surface area contributed by atoms with E-state index in [1.165, 1.54) is 6.92 Å². The molecule has 0 spiro atoms. The van der Waals surface area contributed by atoms with Crippen molar-refractivity contribution in [1.82, 2.24) is 0 Å². The third-order valence-electron chi connectivity index (χ3n) is 5.97. The van der Waals surface area contributed by atoms with Gasteiger partial charge in [0.05, 0.1) is 0 Å². The Bertz CT molecular complexity index is 1010. The lowest BCUT2D eigenvalue weighted by Gasteiger charge is -2.37. The van der Waals surface area contributed by atoms with Gasteiger partial charge in [-0.3, -0.25) is 9.59 Å². The lowest BCUT2D eigenvalue weighted by molar-refractivity contribution is -0.132. The maximum absolute atomic E-state index is 11.7. The van der Waals surface area contributed by atoms with E-state index in [-0.39, 0.29) is 11.9 Å². The number of anilines is 1. The second-order valence-corrected chi connectivity index (χ2v) is 8.77. The third-order valence-corrected chi connectivity index (χ3v) is 5.97. The van der Waals surface area contributed by atoms with Crippen LogP contribution in [-0.4, -0.2) is 24.1 Å². The summed E-state index contributed by atoms with van der Waals surface area (Å²) in [7, 11) is 0. The van der Waals surface area contributed by atoms with Crippen LogP contribution >= 0.6 is 0 Å². The van der Waals surface area contributed by atoms with Gasteiger partial charge in [-0.25, -0.2) is 0 Å². The molecule has 2 aromatic carbocycles. The fourth-order valence-electron chi connectivity index (χ4n) is 4.00. The fraction of sp³-hybridized carbons (Fsp3) is 0.462. The maximum atomic E-state index is 11.7. The molecular formula is C26H33NO5. The van der Waals surface area contributed by atoms with Crippen molar-refractivity contribution in [3.05, 3.63) is 46.5 Å². The van der Waals surface area contributed by atoms with Crippen molar-refractivity contribution in [1.29, 1.82) is 0 Å². The number of fused-ring (bicyclic) bond motifs is 1. The molecule has 0 aromatic heterocycles. The fourth-order valence-corrected chi connectivity index (χ4v) is 4.00. The van der Waals surface area contributed by atoms with Crippen LogP contribution in [0.5, 0.6) is 17.2 Å². The van der Waals surface area contributed by atoms with Gasteiger partial charge in [-0.15, -0.1) is 0 Å². The van der Waals surface area contributed by atoms with Crippen LogP contribution in [0.2, 0.25) is 0 Å². The van der Waals surface area contributed by atoms with Gasteiger partial charge in [-0.1, -0.05) is 6.92 Å². The minimum atomic E-state index is -0.479. The lowest BCUT2D eigenvalue weighted by Crippen LogP contribution is -2.42. The minimum absolute atomic E-state index is 0.0146. The highest BCUT2D eigenvalue weighted by molar-refractivity contribution is 5.90. The van der Waals surface area contributed by atoms with Gasteiger partial charge in [0.2, 0.25) is 5.91 Å². The molecule has 1 heterocycles. The van der Waals surface area contributed by atoms with Crippen molar-refractivity contribution in [2.45, 2.75) is 72.8 Å². The van der Waals surface area contributed by atoms with Crippen LogP contribution < -0.4 is 19.5 Å². The first-order chi connectivity index (χ1) is 15.1. The zero-order valence-corrected chi connectivity index (χ0v) is 19.9. The number of nitrogens with one attached hydrogen (secondary N) is 1. The van der Waals surface area contributed by atoms with E-state index in [9.17, 15) is 9.59 Å². The summed E-state index contributed by atoms with van der Waals surface area (Å²) in [6.07, 6.45) is 2.93. The van der Waals surface area contributed by atoms with Crippen LogP contribution in [0.15, 0.2) is 24.3 Å². The molecule has 2 aromatic rings. The molecule has 1 amide bonds. The number of esters is 1. The predicted molar refractivity (Wildman–Crippen MR) is 125 cm³/mol. The summed E-state index contributed by atoms with van der Waals surface area (Å²) < 4.78 is 18.0. The summed E-state index contributed by atoms with van der Waals surface area (Å²) in [4.78, 5) is 23.3. The number of amides is 1. The largest absolute Gasteiger partial charge is 0.489 e. The van der Waals surface area contributed by atoms with Gasteiger partial charge < -0.3 is 19.5 Å². The van der Waals surface area contributed by atoms with E-state index in [4.69, 9.17) is 14.2 Å². The molecule has 0 radical (unpaired) electrons. The molecule has 1 N–H and O–H groups in total. The van der Waals surface area contributed by atoms with E-state index >= 15 is 0 Å². The quantitative estimate of drug-likeness (QED) is 0.459. The van der Waals surface area contributed by atoms with Crippen LogP contribution in [-0.2, 0) is 16.0 Å². The van der Waals surface area contributed by atoms with E-state index in [1.807, 2.05) is 52.0 Å². The Labute approximate surface area is 190 Å². The first kappa shape index (κ1) is 23.6. The predicted octanol–water partition coefficient (Wildman–Crippen LogP) is 5.44. The molecule has 6 nitrogen and oxygen atoms in total. The van der Waals surface area contributed by atoms with Crippen molar-refractivity contribution < 1.29 is 23.8 Å². The summed E-state index contributed by atoms with van der Waals surface area (Å²) >= 11 is 0. The molecule has 0 fully saturated rings. The number of ether oxygens (including phenoxy) is 3. The Hall–Kier alpha value is -3.02. The molecule has 0 saturated heterocycles. The number of carbonyl (C=O) groups is 2. The van der Waals surface area contributed by atoms with Crippen molar-refractivity contribution >= 4 is 17.6 Å². The highest BCUT2D eigenvalue weighted by Crippen LogP contribution is 2.44. The summed E-state index contributed by atoms with van der Waals surface area (Å²) in [5.41, 5.74) is 4.24. The van der Waals surface area contributed by atoms with Gasteiger partial charge >= 0.3 is 5.97 Å². The van der Waals surface area contributed by atoms with Crippen LogP contribution in [0.25, 0.3) is 0 Å². The summed E-state index contributed by atoms with van der Waals surface area (Å²) in [5, 5.41) is 2.88. The Morgan fingerprint density at radius 1 is 1.09 bits per heavy atom. The van der Waals surface area contributed by atoms with Crippen LogP contribution in [0.4, 0.5) is 5.69 Å². The molecule has 32 heavy (non-hydrogen) atoms. The van der Waals surface area contributed by atoms with E-state index in [0.717, 1.165) is 58.7 Å². The molecular weight excluding hydrogens is 406 g/mol. The molecule has 172 valence electrons. The molecule has 0 saturated carbocycles. The number of benzene rings is 2. The van der Waals surface area contributed by atoms with Crippen molar-refractivity contribution in [2.75, 3.05) is 11.9 Å². The molecule has 3 rings (SSSR count). The smallest absolute Gasteiger partial charge is 0.308 e. The average molecular weight is 440 g/mol. The zero-order valence-electron chi connectivity index (χ0n) is 19.9. The second-order valence-electron chi connectivity index (χ2n) is 8.77. The monoisotopic (exact) mass is 439 g/mol. The number of hydrogen-bond acceptors (Lipinski definition) is 5. The van der Waals surface area contributed by atoms with Gasteiger partial charge in [-0.2, -0.15) is 0 Å². The number of rotatable bonds is 7. The summed E-state index contributed by atoms with van der Waals surface area (Å²) in [6, 6.07) is 7.39. The summed E-state index contributed by atoms with van der Waals surface area (Å²) in [6.45, 7) is 11.8. The molecule has 1 aliphatic rings. The standard InChI is InChI=1S/C26H33NO5/c1-7-8-23(29)27-20-9-11-21(12-10-20)30-15-26(6)14-13-22-18(4)24(31-19(5)28)16(2)17(3)25(22)32-26/h9-12H,7-8,13-15H2,1-6H3,(H,27,29). The molecule has 1 atom stereocenters. The number of carbonyl (C=O) groups excluding carboxylic acids is 2. The van der Waals surface area contributed by atoms with Gasteiger partial charge in [0, 0.05) is 24.6 Å². The van der Waals surface area contributed by atoms with Crippen LogP contribution in [0, 0.1) is 20.8 Å². The topological polar surface area (TPSA) is 73.9 Å². The molecule has 1 aliphatic heterocycles. The summed E-state index contributed by atoms with van der Waals surface area (Å²) in [5.74, 6) is 1.93. The zero-order chi connectivity index (χ0) is 23.5. The minimum Gasteiger partial charge on any atom is -0.489 e. The average Bonchev–Trinajstić information content (AvgIpc) is 2.75. The Kier molecular flexibility index (Phi) is 7.12. The van der Waals surface area contributed by atoms with Crippen molar-refractivity contribution in [3.8, 4) is 17.2 Å². The van der Waals surface area contributed by atoms with Crippen molar-refractivity contribution in [3.63, 3.8) is 0 Å². The SMILES string of the molecule is CCCC(=O)Nc1ccc(OCC2(C)CCc3c(C)c(OC(C)=O)c(C)c(C)c3O2)cc1. The number of hydrogen-bond donors (Lipinski definition) is 1. The molecule has 6 heteroatoms. The molecule has 0 aliphatic carbocycles. The van der Waals surface area contributed by atoms with Crippen LogP contribution in [0.3, 0.4) is 0 Å². The normalized spacial score (nSPS) is 17.2. The van der Waals surface area contributed by atoms with Gasteiger partial charge in [0.15, 0.2) is 0 Å². The first-order valence-electron chi connectivity index (χ1n) is 11.2. The van der Waals surface area contributed by atoms with E-state index in [2.05, 4.69) is 12.2 Å². The Balaban J connectivity index is 1.70. The highest BCUT2D eigenvalue weighted by atomic mass is 16.5. The Morgan fingerprint density at radius 3 is 2.41 bits per heavy atom. The van der Waals surface area contributed by atoms with E-state index in [0.29, 0.717) is 18.8 Å². The van der Waals surface area contributed by atoms with Gasteiger partial charge in [0.1, 0.15) is 29.5 Å². The second kappa shape index (κ2) is 9.63. The van der Waals surface area contributed by atoms with Gasteiger partial charge in [-0.05, 0) is 87.9 Å². The third kappa shape index (κ3) is 5.23. The van der Waals surface area contributed by atoms with E-state index in [1.54, 1.807) is 0 Å². The Morgan fingerprint density at radius 2 is 1.78 bits per heavy atom. The van der Waals surface area contributed by atoms with Gasteiger partial charge in [0.25, 0.3) is 0 Å². The van der Waals surface area contributed by atoms with Crippen LogP contribution in [0.1, 0.15) is 62.3 Å². The maximum Gasteiger partial charge on any atom is 0.308 e. The first-order valence-corrected chi connectivity index (χ1v) is 11.2. The lowest BCUT2D eigenvalue weighted by atomic mass is 9.87. The van der Waals surface area contributed by atoms with Crippen molar-refractivity contribution in [2.24, 2.45) is 0 Å². The molecule has 0 bridgehead atoms. The van der Waals surface area contributed by atoms with E-state index < -0.39 is 5.60 Å².